The molecule has 0 aromatic carbocycles. The largest absolute Gasteiger partial charge is 0.453 e. The molecule has 7 heteroatoms. The molecule has 0 aliphatic rings. The van der Waals surface area contributed by atoms with Crippen molar-refractivity contribution in [3.8, 4) is 0 Å². The number of rotatable bonds is 6. The van der Waals surface area contributed by atoms with E-state index in [-0.39, 0.29) is 0 Å². The van der Waals surface area contributed by atoms with Crippen LogP contribution in [0.5, 0.6) is 0 Å². The summed E-state index contributed by atoms with van der Waals surface area (Å²) in [5, 5.41) is 0. The highest BCUT2D eigenvalue weighted by Crippen LogP contribution is 2.12. The summed E-state index contributed by atoms with van der Waals surface area (Å²) in [6.45, 7) is 4.45. The second-order valence-electron chi connectivity index (χ2n) is 4.04. The number of hydrogen-bond donors (Lipinski definition) is 2. The van der Waals surface area contributed by atoms with Gasteiger partial charge in [0.1, 0.15) is 0 Å². The van der Waals surface area contributed by atoms with E-state index in [1.54, 1.807) is 0 Å². The number of amides is 2. The molecule has 0 saturated heterocycles. The van der Waals surface area contributed by atoms with Gasteiger partial charge in [0.15, 0.2) is 0 Å². The fraction of sp³-hybridized carbons (Fsp3) is 0.750. The van der Waals surface area contributed by atoms with E-state index in [0.29, 0.717) is 12.8 Å². The zero-order chi connectivity index (χ0) is 11.9. The van der Waals surface area contributed by atoms with Crippen molar-refractivity contribution in [3.05, 3.63) is 0 Å². The predicted molar refractivity (Wildman–Crippen MR) is 58.0 cm³/mol. The van der Waals surface area contributed by atoms with Crippen LogP contribution in [-0.2, 0) is 9.47 Å². The van der Waals surface area contributed by atoms with Gasteiger partial charge in [-0.3, -0.25) is 0 Å². The van der Waals surface area contributed by atoms with Crippen LogP contribution in [0.4, 0.5) is 9.59 Å². The summed E-state index contributed by atoms with van der Waals surface area (Å²) in [4.78, 5) is 20.7. The van der Waals surface area contributed by atoms with E-state index in [1.165, 1.54) is 0 Å². The van der Waals surface area contributed by atoms with Crippen molar-refractivity contribution in [1.82, 2.24) is 0 Å². The molecule has 0 bridgehead atoms. The van der Waals surface area contributed by atoms with Crippen molar-refractivity contribution in [3.63, 3.8) is 0 Å². The lowest BCUT2D eigenvalue weighted by molar-refractivity contribution is 0.156. The molecule has 0 atom stereocenters. The van der Waals surface area contributed by atoms with E-state index in [0.717, 1.165) is 12.5 Å². The van der Waals surface area contributed by atoms with Crippen molar-refractivity contribution in [2.75, 3.05) is 12.8 Å². The fourth-order valence-electron chi connectivity index (χ4n) is 1.06. The third-order valence-electron chi connectivity index (χ3n) is 1.85. The maximum atomic E-state index is 10.4. The number of carbonyl (C=O) groups excluding carboxylic acids is 2. The summed E-state index contributed by atoms with van der Waals surface area (Å²) in [7, 11) is -1.59. The average Bonchev–Trinajstić information content (AvgIpc) is 2.09. The van der Waals surface area contributed by atoms with Crippen molar-refractivity contribution >= 4 is 20.3 Å². The third kappa shape index (κ3) is 9.07. The molecule has 0 unspecified atom stereocenters. The summed E-state index contributed by atoms with van der Waals surface area (Å²) < 4.78 is 9.34. The smallest absolute Gasteiger partial charge is 0.404 e. The molecule has 0 spiro atoms. The first kappa shape index (κ1) is 13.8. The first-order chi connectivity index (χ1) is 6.83. The van der Waals surface area contributed by atoms with Gasteiger partial charge >= 0.3 is 12.2 Å². The quantitative estimate of drug-likeness (QED) is 0.524. The van der Waals surface area contributed by atoms with Gasteiger partial charge in [0.2, 0.25) is 0 Å². The van der Waals surface area contributed by atoms with Crippen molar-refractivity contribution in [1.29, 1.82) is 0 Å². The van der Waals surface area contributed by atoms with E-state index in [4.69, 9.17) is 16.2 Å². The number of nitrogens with two attached hydrogens (primary N) is 2. The summed E-state index contributed by atoms with van der Waals surface area (Å²) in [6, 6.07) is 0.882. The van der Waals surface area contributed by atoms with Crippen LogP contribution in [0.15, 0.2) is 0 Å². The molecule has 0 aliphatic carbocycles. The lowest BCUT2D eigenvalue weighted by Crippen LogP contribution is -2.35. The van der Waals surface area contributed by atoms with Gasteiger partial charge in [0.05, 0.1) is 20.9 Å². The lowest BCUT2D eigenvalue weighted by Gasteiger charge is -2.20. The van der Waals surface area contributed by atoms with E-state index >= 15 is 0 Å². The maximum absolute atomic E-state index is 10.4. The Balaban J connectivity index is 3.64. The minimum Gasteiger partial charge on any atom is -0.453 e. The van der Waals surface area contributed by atoms with Crippen molar-refractivity contribution < 1.29 is 19.1 Å². The molecule has 0 radical (unpaired) electrons. The molecule has 6 nitrogen and oxygen atoms in total. The van der Waals surface area contributed by atoms with Gasteiger partial charge in [0.25, 0.3) is 0 Å². The fourth-order valence-corrected chi connectivity index (χ4v) is 2.84. The van der Waals surface area contributed by atoms with Crippen LogP contribution in [0.25, 0.3) is 0 Å². The Labute approximate surface area is 89.9 Å². The van der Waals surface area contributed by atoms with Crippen LogP contribution >= 0.6 is 0 Å². The van der Waals surface area contributed by atoms with E-state index < -0.39 is 20.3 Å². The van der Waals surface area contributed by atoms with Gasteiger partial charge in [-0.05, 0) is 6.42 Å². The van der Waals surface area contributed by atoms with Crippen LogP contribution in [0.3, 0.4) is 0 Å². The van der Waals surface area contributed by atoms with Crippen LogP contribution in [0.1, 0.15) is 6.42 Å². The predicted octanol–water partition coefficient (Wildman–Crippen LogP) is 0.815. The zero-order valence-electron chi connectivity index (χ0n) is 9.12. The third-order valence-corrected chi connectivity index (χ3v) is 4.48. The molecule has 0 rings (SSSR count). The van der Waals surface area contributed by atoms with Gasteiger partial charge in [-0.15, -0.1) is 0 Å². The highest BCUT2D eigenvalue weighted by molar-refractivity contribution is 6.77. The molecule has 0 aromatic heterocycles. The summed E-state index contributed by atoms with van der Waals surface area (Å²) >= 11 is 0. The highest BCUT2D eigenvalue weighted by Gasteiger charge is 2.22. The molecule has 0 aliphatic heterocycles. The number of hydrogen-bond acceptors (Lipinski definition) is 4. The second-order valence-corrected chi connectivity index (χ2v) is 9.16. The van der Waals surface area contributed by atoms with Gasteiger partial charge in [-0.1, -0.05) is 19.1 Å². The van der Waals surface area contributed by atoms with Gasteiger partial charge in [-0.2, -0.15) is 0 Å². The topological polar surface area (TPSA) is 105 Å². The van der Waals surface area contributed by atoms with E-state index in [2.05, 4.69) is 17.8 Å². The van der Waals surface area contributed by atoms with E-state index in [1.807, 2.05) is 0 Å². The Bertz CT molecular complexity index is 233. The maximum Gasteiger partial charge on any atom is 0.404 e. The summed E-state index contributed by atoms with van der Waals surface area (Å²) in [6.07, 6.45) is -0.393. The monoisotopic (exact) mass is 234 g/mol. The zero-order valence-corrected chi connectivity index (χ0v) is 10.1. The molecule has 15 heavy (non-hydrogen) atoms. The van der Waals surface area contributed by atoms with Gasteiger partial charge < -0.3 is 20.9 Å². The Morgan fingerprint density at radius 3 is 2.13 bits per heavy atom. The second kappa shape index (κ2) is 6.28. The van der Waals surface area contributed by atoms with Crippen molar-refractivity contribution in [2.45, 2.75) is 25.6 Å². The standard InChI is InChI=1S/C8H18N2O4Si/c1-15(2,6-14-8(10)12)5-3-4-13-7(9)11/h3-6H2,1-2H3,(H2,9,11)(H2,10,12). The number of primary amides is 2. The van der Waals surface area contributed by atoms with Crippen LogP contribution in [-0.4, -0.2) is 33.1 Å². The Morgan fingerprint density at radius 2 is 1.67 bits per heavy atom. The molecule has 4 N–H and O–H groups in total. The number of carbonyl (C=O) groups is 2. The molecular weight excluding hydrogens is 216 g/mol. The summed E-state index contributed by atoms with van der Waals surface area (Å²) in [5.74, 6) is 0. The minimum absolute atomic E-state index is 0.308. The van der Waals surface area contributed by atoms with Gasteiger partial charge in [-0.25, -0.2) is 9.59 Å². The molecule has 0 heterocycles. The molecule has 0 saturated carbocycles. The van der Waals surface area contributed by atoms with Crippen molar-refractivity contribution in [2.24, 2.45) is 11.5 Å². The normalized spacial score (nSPS) is 10.8. The minimum atomic E-state index is -1.59. The Hall–Kier alpha value is -1.24. The van der Waals surface area contributed by atoms with Gasteiger partial charge in [0, 0.05) is 0 Å². The Kier molecular flexibility index (Phi) is 5.76. The van der Waals surface area contributed by atoms with Crippen LogP contribution in [0, 0.1) is 0 Å². The van der Waals surface area contributed by atoms with Crippen LogP contribution in [0.2, 0.25) is 19.1 Å². The number of ether oxygens (including phenoxy) is 2. The highest BCUT2D eigenvalue weighted by atomic mass is 28.3. The Morgan fingerprint density at radius 1 is 1.13 bits per heavy atom. The first-order valence-electron chi connectivity index (χ1n) is 4.68. The average molecular weight is 234 g/mol. The molecular formula is C8H18N2O4Si. The lowest BCUT2D eigenvalue weighted by atomic mass is 10.5. The summed E-state index contributed by atoms with van der Waals surface area (Å²) in [5.41, 5.74) is 9.67. The SMILES string of the molecule is C[Si](C)(CCCOC(N)=O)COC(N)=O. The molecule has 88 valence electrons. The first-order valence-corrected chi connectivity index (χ1v) is 8.09. The van der Waals surface area contributed by atoms with E-state index in [9.17, 15) is 9.59 Å². The molecule has 0 fully saturated rings. The molecule has 0 aromatic rings. The molecule has 2 amide bonds. The van der Waals surface area contributed by atoms with Crippen LogP contribution < -0.4 is 11.5 Å².